The number of aromatic nitrogens is 2. The molecule has 15 heavy (non-hydrogen) atoms. The first-order valence-electron chi connectivity index (χ1n) is 4.43. The zero-order valence-corrected chi connectivity index (χ0v) is 8.21. The molecule has 2 aromatic heterocycles. The van der Waals surface area contributed by atoms with E-state index in [9.17, 15) is 5.11 Å². The molecule has 4 nitrogen and oxygen atoms in total. The number of aromatic hydroxyl groups is 1. The van der Waals surface area contributed by atoms with Crippen LogP contribution in [0.25, 0.3) is 11.1 Å². The van der Waals surface area contributed by atoms with E-state index in [0.717, 1.165) is 11.1 Å². The Bertz CT molecular complexity index is 472. The van der Waals surface area contributed by atoms with Crippen LogP contribution in [0.1, 0.15) is 0 Å². The SMILES string of the molecule is COc1cnccc1-c1cncc(O)c1. The zero-order chi connectivity index (χ0) is 10.7. The molecular formula is C11H10N2O2. The fourth-order valence-electron chi connectivity index (χ4n) is 1.36. The summed E-state index contributed by atoms with van der Waals surface area (Å²) in [5, 5.41) is 9.32. The smallest absolute Gasteiger partial charge is 0.145 e. The Balaban J connectivity index is 2.53. The molecule has 1 N–H and O–H groups in total. The average Bonchev–Trinajstić information content (AvgIpc) is 2.29. The molecule has 0 amide bonds. The van der Waals surface area contributed by atoms with Crippen molar-refractivity contribution in [3.05, 3.63) is 36.9 Å². The number of rotatable bonds is 2. The van der Waals surface area contributed by atoms with Crippen molar-refractivity contribution in [2.45, 2.75) is 0 Å². The summed E-state index contributed by atoms with van der Waals surface area (Å²) in [4.78, 5) is 7.87. The molecule has 0 aliphatic rings. The Kier molecular flexibility index (Phi) is 2.49. The van der Waals surface area contributed by atoms with Gasteiger partial charge in [-0.3, -0.25) is 9.97 Å². The maximum atomic E-state index is 9.32. The summed E-state index contributed by atoms with van der Waals surface area (Å²) in [7, 11) is 1.58. The molecule has 0 bridgehead atoms. The molecular weight excluding hydrogens is 192 g/mol. The number of ether oxygens (including phenoxy) is 1. The minimum absolute atomic E-state index is 0.131. The monoisotopic (exact) mass is 202 g/mol. The molecule has 2 aromatic rings. The van der Waals surface area contributed by atoms with Gasteiger partial charge in [-0.25, -0.2) is 0 Å². The molecule has 0 fully saturated rings. The minimum atomic E-state index is 0.131. The summed E-state index contributed by atoms with van der Waals surface area (Å²) >= 11 is 0. The van der Waals surface area contributed by atoms with Crippen LogP contribution in [0.3, 0.4) is 0 Å². The summed E-state index contributed by atoms with van der Waals surface area (Å²) in [5.74, 6) is 0.788. The predicted molar refractivity (Wildman–Crippen MR) is 55.7 cm³/mol. The largest absolute Gasteiger partial charge is 0.506 e. The Hall–Kier alpha value is -2.10. The van der Waals surface area contributed by atoms with Crippen molar-refractivity contribution in [1.29, 1.82) is 0 Å². The normalized spacial score (nSPS) is 9.93. The first kappa shape index (κ1) is 9.45. The number of nitrogens with zero attached hydrogens (tertiary/aromatic N) is 2. The predicted octanol–water partition coefficient (Wildman–Crippen LogP) is 1.86. The van der Waals surface area contributed by atoms with Crippen molar-refractivity contribution in [1.82, 2.24) is 9.97 Å². The third-order valence-electron chi connectivity index (χ3n) is 2.04. The van der Waals surface area contributed by atoms with E-state index < -0.39 is 0 Å². The van der Waals surface area contributed by atoms with Gasteiger partial charge in [0.1, 0.15) is 11.5 Å². The Morgan fingerprint density at radius 2 is 2.07 bits per heavy atom. The highest BCUT2D eigenvalue weighted by Gasteiger charge is 2.05. The van der Waals surface area contributed by atoms with E-state index >= 15 is 0 Å². The fraction of sp³-hybridized carbons (Fsp3) is 0.0909. The standard InChI is InChI=1S/C11H10N2O2/c1-15-11-7-12-3-2-10(11)8-4-9(14)6-13-5-8/h2-7,14H,1H3. The number of hydrogen-bond acceptors (Lipinski definition) is 4. The van der Waals surface area contributed by atoms with Gasteiger partial charge in [0.15, 0.2) is 0 Å². The molecule has 0 atom stereocenters. The van der Waals surface area contributed by atoms with Gasteiger partial charge < -0.3 is 9.84 Å². The van der Waals surface area contributed by atoms with Gasteiger partial charge in [-0.2, -0.15) is 0 Å². The summed E-state index contributed by atoms with van der Waals surface area (Å²) in [6, 6.07) is 3.44. The van der Waals surface area contributed by atoms with Crippen molar-refractivity contribution in [2.75, 3.05) is 7.11 Å². The summed E-state index contributed by atoms with van der Waals surface area (Å²) in [5.41, 5.74) is 1.66. The van der Waals surface area contributed by atoms with Crippen molar-refractivity contribution < 1.29 is 9.84 Å². The van der Waals surface area contributed by atoms with Gasteiger partial charge in [0.05, 0.1) is 19.5 Å². The molecule has 2 heterocycles. The molecule has 0 aromatic carbocycles. The summed E-state index contributed by atoms with van der Waals surface area (Å²) in [6.07, 6.45) is 6.34. The molecule has 0 spiro atoms. The van der Waals surface area contributed by atoms with Crippen LogP contribution in [0, 0.1) is 0 Å². The van der Waals surface area contributed by atoms with E-state index in [0.29, 0.717) is 5.75 Å². The molecule has 0 saturated heterocycles. The minimum Gasteiger partial charge on any atom is -0.506 e. The van der Waals surface area contributed by atoms with Crippen LogP contribution in [-0.2, 0) is 0 Å². The van der Waals surface area contributed by atoms with E-state index in [1.165, 1.54) is 6.20 Å². The second-order valence-corrected chi connectivity index (χ2v) is 3.01. The van der Waals surface area contributed by atoms with Crippen LogP contribution in [0.5, 0.6) is 11.5 Å². The summed E-state index contributed by atoms with van der Waals surface area (Å²) in [6.45, 7) is 0. The quantitative estimate of drug-likeness (QED) is 0.807. The van der Waals surface area contributed by atoms with Gasteiger partial charge in [0.2, 0.25) is 0 Å². The van der Waals surface area contributed by atoms with Crippen LogP contribution < -0.4 is 4.74 Å². The van der Waals surface area contributed by atoms with Gasteiger partial charge in [0.25, 0.3) is 0 Å². The molecule has 0 aliphatic carbocycles. The highest BCUT2D eigenvalue weighted by atomic mass is 16.5. The summed E-state index contributed by atoms with van der Waals surface area (Å²) < 4.78 is 5.17. The van der Waals surface area contributed by atoms with Gasteiger partial charge in [-0.1, -0.05) is 0 Å². The van der Waals surface area contributed by atoms with Crippen LogP contribution in [0.4, 0.5) is 0 Å². The molecule has 0 saturated carbocycles. The molecule has 76 valence electrons. The lowest BCUT2D eigenvalue weighted by Gasteiger charge is -2.06. The van der Waals surface area contributed by atoms with Crippen LogP contribution >= 0.6 is 0 Å². The molecule has 2 rings (SSSR count). The Labute approximate surface area is 87.2 Å². The van der Waals surface area contributed by atoms with Gasteiger partial charge in [-0.15, -0.1) is 0 Å². The number of methoxy groups -OCH3 is 1. The van der Waals surface area contributed by atoms with Gasteiger partial charge in [0, 0.05) is 23.5 Å². The second-order valence-electron chi connectivity index (χ2n) is 3.01. The molecule has 0 unspecified atom stereocenters. The highest BCUT2D eigenvalue weighted by molar-refractivity contribution is 5.69. The first-order chi connectivity index (χ1) is 7.31. The average molecular weight is 202 g/mol. The van der Waals surface area contributed by atoms with Crippen molar-refractivity contribution >= 4 is 0 Å². The van der Waals surface area contributed by atoms with Crippen molar-refractivity contribution in [2.24, 2.45) is 0 Å². The zero-order valence-electron chi connectivity index (χ0n) is 8.21. The van der Waals surface area contributed by atoms with E-state index in [1.807, 2.05) is 6.07 Å². The maximum Gasteiger partial charge on any atom is 0.145 e. The van der Waals surface area contributed by atoms with E-state index in [4.69, 9.17) is 4.74 Å². The van der Waals surface area contributed by atoms with Gasteiger partial charge >= 0.3 is 0 Å². The van der Waals surface area contributed by atoms with E-state index in [-0.39, 0.29) is 5.75 Å². The highest BCUT2D eigenvalue weighted by Crippen LogP contribution is 2.29. The molecule has 0 aliphatic heterocycles. The molecule has 4 heteroatoms. The van der Waals surface area contributed by atoms with E-state index in [2.05, 4.69) is 9.97 Å². The van der Waals surface area contributed by atoms with Crippen molar-refractivity contribution in [3.8, 4) is 22.6 Å². The molecule has 0 radical (unpaired) electrons. The fourth-order valence-corrected chi connectivity index (χ4v) is 1.36. The Morgan fingerprint density at radius 1 is 1.20 bits per heavy atom. The maximum absolute atomic E-state index is 9.32. The van der Waals surface area contributed by atoms with Crippen LogP contribution in [0.2, 0.25) is 0 Å². The third-order valence-corrected chi connectivity index (χ3v) is 2.04. The number of pyridine rings is 2. The number of hydrogen-bond donors (Lipinski definition) is 1. The van der Waals surface area contributed by atoms with E-state index in [1.54, 1.807) is 31.8 Å². The van der Waals surface area contributed by atoms with Crippen LogP contribution in [0.15, 0.2) is 36.9 Å². The Morgan fingerprint density at radius 3 is 2.80 bits per heavy atom. The van der Waals surface area contributed by atoms with Gasteiger partial charge in [-0.05, 0) is 12.1 Å². The topological polar surface area (TPSA) is 55.2 Å². The van der Waals surface area contributed by atoms with Crippen molar-refractivity contribution in [3.63, 3.8) is 0 Å². The first-order valence-corrected chi connectivity index (χ1v) is 4.43. The third kappa shape index (κ3) is 1.88. The lowest BCUT2D eigenvalue weighted by Crippen LogP contribution is -1.89. The van der Waals surface area contributed by atoms with Crippen LogP contribution in [-0.4, -0.2) is 22.2 Å². The lowest BCUT2D eigenvalue weighted by molar-refractivity contribution is 0.414. The second kappa shape index (κ2) is 3.96. The lowest BCUT2D eigenvalue weighted by atomic mass is 10.1.